The lowest BCUT2D eigenvalue weighted by molar-refractivity contribution is -0.0246. The van der Waals surface area contributed by atoms with E-state index in [4.69, 9.17) is 0 Å². The molecule has 1 saturated heterocycles. The lowest BCUT2D eigenvalue weighted by Gasteiger charge is -2.61. The lowest BCUT2D eigenvalue weighted by Crippen LogP contribution is -2.67. The van der Waals surface area contributed by atoms with E-state index in [-0.39, 0.29) is 28.5 Å². The fourth-order valence-corrected chi connectivity index (χ4v) is 16.2. The van der Waals surface area contributed by atoms with Gasteiger partial charge in [-0.2, -0.15) is 0 Å². The van der Waals surface area contributed by atoms with Gasteiger partial charge in [0.15, 0.2) is 0 Å². The summed E-state index contributed by atoms with van der Waals surface area (Å²) in [5.41, 5.74) is 9.71. The Labute approximate surface area is 320 Å². The van der Waals surface area contributed by atoms with Crippen molar-refractivity contribution in [3.8, 4) is 11.8 Å². The maximum atomic E-state index is 11.6. The van der Waals surface area contributed by atoms with Crippen LogP contribution in [0.5, 0.6) is 0 Å². The fraction of sp³-hybridized carbons (Fsp3) is 0.714. The first-order valence-electron chi connectivity index (χ1n) is 21.9. The standard InChI is InChI=1S/C49H66N2O2/c1-27(2)35-21-41-28(3)15-36-24-47(41,5)49(25-35)14-13-32-17-30-9-7-10-31(16-30)18-39-37(11-8-12-40(32)49)46(36)51-48(6)42(39)20-34-19-33-22-43(50-26-29(4)52)44(53)23-38(33)45(34)48/h7,9-10,15-16,29,32-35,37-40,42-46,50-53H,1,11,13-14,17-26H2,2-6H3/t29-,32-,33-,34-,35-,37+,38-,39+,40-,42+,43-,44-,45+,46-,47-,48+,49-/m0/s1. The summed E-state index contributed by atoms with van der Waals surface area (Å²) in [6.45, 7) is 17.1. The number of allylic oxidation sites excluding steroid dienone is 4. The number of benzene rings is 1. The van der Waals surface area contributed by atoms with Gasteiger partial charge in [0.05, 0.1) is 12.2 Å². The Hall–Kier alpha value is -2.16. The van der Waals surface area contributed by atoms with Crippen molar-refractivity contribution in [3.05, 3.63) is 70.3 Å². The zero-order valence-electron chi connectivity index (χ0n) is 33.3. The van der Waals surface area contributed by atoms with E-state index in [1.165, 1.54) is 56.1 Å². The van der Waals surface area contributed by atoms with Gasteiger partial charge >= 0.3 is 0 Å². The third kappa shape index (κ3) is 5.15. The molecule has 4 N–H and O–H groups in total. The smallest absolute Gasteiger partial charge is 0.0696 e. The van der Waals surface area contributed by atoms with Crippen LogP contribution in [0.3, 0.4) is 0 Å². The van der Waals surface area contributed by atoms with E-state index in [0.29, 0.717) is 71.8 Å². The number of piperidine rings is 1. The molecule has 9 aliphatic rings. The van der Waals surface area contributed by atoms with E-state index in [9.17, 15) is 10.2 Å². The average molecular weight is 715 g/mol. The van der Waals surface area contributed by atoms with E-state index in [1.54, 1.807) is 22.3 Å². The van der Waals surface area contributed by atoms with Crippen molar-refractivity contribution in [2.24, 2.45) is 70.0 Å². The van der Waals surface area contributed by atoms with Crippen molar-refractivity contribution in [2.75, 3.05) is 6.54 Å². The maximum Gasteiger partial charge on any atom is 0.0696 e. The molecule has 0 unspecified atom stereocenters. The Morgan fingerprint density at radius 1 is 1.04 bits per heavy atom. The highest BCUT2D eigenvalue weighted by molar-refractivity contribution is 5.46. The van der Waals surface area contributed by atoms with Crippen molar-refractivity contribution in [1.29, 1.82) is 0 Å². The van der Waals surface area contributed by atoms with Crippen LogP contribution in [0.4, 0.5) is 0 Å². The first-order valence-corrected chi connectivity index (χ1v) is 21.9. The van der Waals surface area contributed by atoms with Crippen LogP contribution in [0, 0.1) is 81.8 Å². The molecule has 1 heterocycles. The van der Waals surface area contributed by atoms with Gasteiger partial charge in [-0.15, -0.1) is 5.92 Å². The van der Waals surface area contributed by atoms with Crippen LogP contribution >= 0.6 is 0 Å². The molecule has 0 amide bonds. The summed E-state index contributed by atoms with van der Waals surface area (Å²) in [5.74, 6) is 14.0. The molecule has 4 nitrogen and oxygen atoms in total. The van der Waals surface area contributed by atoms with Gasteiger partial charge in [-0.25, -0.2) is 0 Å². The molecule has 0 aromatic heterocycles. The summed E-state index contributed by atoms with van der Waals surface area (Å²) in [5, 5.41) is 29.8. The molecule has 17 atom stereocenters. The topological polar surface area (TPSA) is 64.5 Å². The molecule has 1 aromatic carbocycles. The summed E-state index contributed by atoms with van der Waals surface area (Å²) >= 11 is 0. The minimum absolute atomic E-state index is 0.0255. The molecule has 8 aliphatic carbocycles. The first kappa shape index (κ1) is 35.3. The Bertz CT molecular complexity index is 1810. The number of hydrogen-bond acceptors (Lipinski definition) is 4. The quantitative estimate of drug-likeness (QED) is 0.188. The van der Waals surface area contributed by atoms with Gasteiger partial charge in [-0.1, -0.05) is 72.1 Å². The van der Waals surface area contributed by atoms with Crippen LogP contribution in [-0.4, -0.2) is 46.6 Å². The van der Waals surface area contributed by atoms with Gasteiger partial charge in [0.25, 0.3) is 0 Å². The third-order valence-corrected chi connectivity index (χ3v) is 18.3. The zero-order chi connectivity index (χ0) is 36.6. The van der Waals surface area contributed by atoms with Gasteiger partial charge in [0.2, 0.25) is 0 Å². The number of fused-ring (bicyclic) bond motifs is 11. The van der Waals surface area contributed by atoms with E-state index in [0.717, 1.165) is 32.1 Å². The third-order valence-electron chi connectivity index (χ3n) is 18.3. The van der Waals surface area contributed by atoms with Crippen LogP contribution in [0.25, 0.3) is 0 Å². The predicted octanol–water partition coefficient (Wildman–Crippen LogP) is 8.19. The van der Waals surface area contributed by atoms with Crippen molar-refractivity contribution >= 4 is 0 Å². The molecule has 10 rings (SSSR count). The minimum atomic E-state index is -0.390. The SMILES string of the molecule is C=C(C)[C@H]1CC2=C(C)C=C3C[C@]2(C)[C@@]2(CC[C@H]4Cc5cccc(c5)C[C@@H]5[C@@H](CC#C[C@@H]42)[C@H]3N[C@@]2(C)[C@@H]3[C@@H](C[C@H]4C[C@H](NC[C@H](C)O)[C@@H](O)C[C@@H]43)C[C@H]52)C1. The van der Waals surface area contributed by atoms with E-state index < -0.39 is 6.10 Å². The van der Waals surface area contributed by atoms with Gasteiger partial charge in [-0.3, -0.25) is 0 Å². The highest BCUT2D eigenvalue weighted by Crippen LogP contribution is 2.71. The van der Waals surface area contributed by atoms with Gasteiger partial charge in [-0.05, 0) is 174 Å². The molecule has 284 valence electrons. The molecule has 1 aromatic rings. The molecular formula is C49H66N2O2. The summed E-state index contributed by atoms with van der Waals surface area (Å²) in [6.07, 6.45) is 15.9. The van der Waals surface area contributed by atoms with Crippen molar-refractivity contribution in [2.45, 2.75) is 141 Å². The van der Waals surface area contributed by atoms with Crippen molar-refractivity contribution in [1.82, 2.24) is 10.6 Å². The molecule has 5 saturated carbocycles. The average Bonchev–Trinajstić information content (AvgIpc) is 3.73. The molecule has 6 bridgehead atoms. The molecule has 0 radical (unpaired) electrons. The normalized spacial score (nSPS) is 49.4. The monoisotopic (exact) mass is 715 g/mol. The van der Waals surface area contributed by atoms with Crippen molar-refractivity contribution in [3.63, 3.8) is 0 Å². The van der Waals surface area contributed by atoms with Crippen LogP contribution in [0.15, 0.2) is 59.2 Å². The molecule has 1 spiro atoms. The fourth-order valence-electron chi connectivity index (χ4n) is 16.2. The first-order chi connectivity index (χ1) is 25.4. The Balaban J connectivity index is 1.11. The van der Waals surface area contributed by atoms with Gasteiger partial charge < -0.3 is 20.8 Å². The number of rotatable bonds is 4. The van der Waals surface area contributed by atoms with Crippen LogP contribution in [-0.2, 0) is 12.8 Å². The van der Waals surface area contributed by atoms with E-state index >= 15 is 0 Å². The Morgan fingerprint density at radius 3 is 2.64 bits per heavy atom. The predicted molar refractivity (Wildman–Crippen MR) is 214 cm³/mol. The largest absolute Gasteiger partial charge is 0.392 e. The second kappa shape index (κ2) is 12.4. The second-order valence-electron chi connectivity index (χ2n) is 20.9. The van der Waals surface area contributed by atoms with Crippen LogP contribution < -0.4 is 10.6 Å². The number of nitrogens with one attached hydrogen (secondary N) is 2. The van der Waals surface area contributed by atoms with Gasteiger partial charge in [0.1, 0.15) is 0 Å². The molecule has 1 aliphatic heterocycles. The Morgan fingerprint density at radius 2 is 1.85 bits per heavy atom. The zero-order valence-corrected chi connectivity index (χ0v) is 33.3. The summed E-state index contributed by atoms with van der Waals surface area (Å²) in [6, 6.07) is 10.3. The van der Waals surface area contributed by atoms with Crippen LogP contribution in [0.1, 0.15) is 110 Å². The number of aliphatic hydroxyl groups is 2. The summed E-state index contributed by atoms with van der Waals surface area (Å²) in [4.78, 5) is 0. The lowest BCUT2D eigenvalue weighted by atomic mass is 9.44. The highest BCUT2D eigenvalue weighted by Gasteiger charge is 2.67. The number of aliphatic hydroxyl groups excluding tert-OH is 2. The molecule has 53 heavy (non-hydrogen) atoms. The summed E-state index contributed by atoms with van der Waals surface area (Å²) in [7, 11) is 0. The van der Waals surface area contributed by atoms with Crippen LogP contribution in [0.2, 0.25) is 0 Å². The molecular weight excluding hydrogens is 649 g/mol. The summed E-state index contributed by atoms with van der Waals surface area (Å²) < 4.78 is 0. The van der Waals surface area contributed by atoms with E-state index in [2.05, 4.69) is 87.1 Å². The number of hydrogen-bond donors (Lipinski definition) is 4. The molecule has 4 heteroatoms. The molecule has 6 fully saturated rings. The van der Waals surface area contributed by atoms with Gasteiger partial charge in [0, 0.05) is 36.5 Å². The van der Waals surface area contributed by atoms with Crippen molar-refractivity contribution < 1.29 is 10.2 Å². The van der Waals surface area contributed by atoms with E-state index in [1.807, 2.05) is 6.92 Å². The minimum Gasteiger partial charge on any atom is -0.392 e. The maximum absolute atomic E-state index is 11.6. The highest BCUT2D eigenvalue weighted by atomic mass is 16.3. The second-order valence-corrected chi connectivity index (χ2v) is 20.9. The Kier molecular flexibility index (Phi) is 8.26.